The molecular formula is C26H25N3O6. The van der Waals surface area contributed by atoms with E-state index in [1.807, 2.05) is 31.2 Å². The number of carbonyl (C=O) groups excluding carboxylic acids is 2. The fourth-order valence-electron chi connectivity index (χ4n) is 3.62. The zero-order valence-corrected chi connectivity index (χ0v) is 19.7. The Balaban J connectivity index is 1.40. The second-order valence-electron chi connectivity index (χ2n) is 7.94. The van der Waals surface area contributed by atoms with Gasteiger partial charge in [0, 0.05) is 17.8 Å². The number of carbonyl (C=O) groups is 2. The van der Waals surface area contributed by atoms with Gasteiger partial charge in [-0.05, 0) is 49.6 Å². The molecule has 4 rings (SSSR count). The Labute approximate surface area is 201 Å². The highest BCUT2D eigenvalue weighted by molar-refractivity contribution is 5.97. The maximum Gasteiger partial charge on any atom is 0.338 e. The van der Waals surface area contributed by atoms with Gasteiger partial charge in [-0.25, -0.2) is 9.78 Å². The third-order valence-corrected chi connectivity index (χ3v) is 5.42. The summed E-state index contributed by atoms with van der Waals surface area (Å²) in [7, 11) is 0. The molecule has 1 amide bonds. The number of rotatable bonds is 8. The van der Waals surface area contributed by atoms with Crippen LogP contribution in [-0.4, -0.2) is 28.0 Å². The van der Waals surface area contributed by atoms with Gasteiger partial charge in [0.25, 0.3) is 11.5 Å². The average molecular weight is 476 g/mol. The van der Waals surface area contributed by atoms with Crippen LogP contribution in [-0.2, 0) is 22.6 Å². The summed E-state index contributed by atoms with van der Waals surface area (Å²) in [6.07, 6.45) is 0.793. The Bertz CT molecular complexity index is 1450. The van der Waals surface area contributed by atoms with Crippen molar-refractivity contribution in [2.75, 3.05) is 11.9 Å². The van der Waals surface area contributed by atoms with E-state index in [4.69, 9.17) is 14.0 Å². The number of fused-ring (bicyclic) bond motifs is 1. The lowest BCUT2D eigenvalue weighted by Crippen LogP contribution is -2.21. The molecule has 0 radical (unpaired) electrons. The van der Waals surface area contributed by atoms with E-state index >= 15 is 0 Å². The van der Waals surface area contributed by atoms with Crippen molar-refractivity contribution in [2.24, 2.45) is 0 Å². The van der Waals surface area contributed by atoms with Crippen molar-refractivity contribution in [2.45, 2.75) is 33.8 Å². The number of amides is 1. The number of aromatic nitrogens is 2. The Morgan fingerprint density at radius 1 is 1.09 bits per heavy atom. The Morgan fingerprint density at radius 2 is 1.89 bits per heavy atom. The van der Waals surface area contributed by atoms with Crippen molar-refractivity contribution >= 4 is 23.2 Å². The fourth-order valence-corrected chi connectivity index (χ4v) is 3.62. The van der Waals surface area contributed by atoms with Gasteiger partial charge in [-0.3, -0.25) is 9.59 Å². The first-order valence-electron chi connectivity index (χ1n) is 11.1. The smallest absolute Gasteiger partial charge is 0.338 e. The van der Waals surface area contributed by atoms with Crippen molar-refractivity contribution in [3.8, 4) is 5.75 Å². The zero-order valence-electron chi connectivity index (χ0n) is 19.7. The molecule has 1 N–H and O–H groups in total. The molecule has 0 spiro atoms. The standard InChI is InChI=1S/C26H25N3O6/c1-4-18-8-5-6-11-22(18)33-15-24(30)28-21-10-7-9-20(17(21)3)26(32)34-14-19-13-25(31)29-23(27-19)12-16(2)35-29/h5-13H,4,14-15H2,1-3H3,(H,28,30). The Hall–Kier alpha value is -4.40. The van der Waals surface area contributed by atoms with Crippen LogP contribution in [0.3, 0.4) is 0 Å². The van der Waals surface area contributed by atoms with E-state index in [0.29, 0.717) is 34.1 Å². The Morgan fingerprint density at radius 3 is 2.69 bits per heavy atom. The highest BCUT2D eigenvalue weighted by atomic mass is 16.5. The van der Waals surface area contributed by atoms with E-state index < -0.39 is 11.5 Å². The number of hydrogen-bond donors (Lipinski definition) is 1. The molecule has 0 saturated heterocycles. The number of ether oxygens (including phenoxy) is 2. The van der Waals surface area contributed by atoms with Crippen molar-refractivity contribution in [3.05, 3.63) is 93.1 Å². The van der Waals surface area contributed by atoms with Gasteiger partial charge in [0.05, 0.1) is 11.3 Å². The Kier molecular flexibility index (Phi) is 6.96. The minimum Gasteiger partial charge on any atom is -0.483 e. The summed E-state index contributed by atoms with van der Waals surface area (Å²) in [6.45, 7) is 5.09. The number of anilines is 1. The van der Waals surface area contributed by atoms with Gasteiger partial charge in [0.2, 0.25) is 0 Å². The SMILES string of the molecule is CCc1ccccc1OCC(=O)Nc1cccc(C(=O)OCc2cc(=O)n3oc(C)cc3n2)c1C. The molecule has 2 aromatic heterocycles. The van der Waals surface area contributed by atoms with Crippen molar-refractivity contribution < 1.29 is 23.6 Å². The molecule has 0 aliphatic carbocycles. The summed E-state index contributed by atoms with van der Waals surface area (Å²) in [5, 5.41) is 2.78. The third-order valence-electron chi connectivity index (χ3n) is 5.42. The summed E-state index contributed by atoms with van der Waals surface area (Å²) in [6, 6.07) is 15.4. The first kappa shape index (κ1) is 23.7. The van der Waals surface area contributed by atoms with Crippen LogP contribution in [0.25, 0.3) is 5.65 Å². The number of hydrogen-bond acceptors (Lipinski definition) is 7. The minimum absolute atomic E-state index is 0.164. The number of nitrogens with one attached hydrogen (secondary N) is 1. The summed E-state index contributed by atoms with van der Waals surface area (Å²) in [4.78, 5) is 41.6. The lowest BCUT2D eigenvalue weighted by atomic mass is 10.1. The molecule has 35 heavy (non-hydrogen) atoms. The molecule has 0 fully saturated rings. The van der Waals surface area contributed by atoms with Gasteiger partial charge in [0.15, 0.2) is 12.3 Å². The molecule has 9 heteroatoms. The first-order valence-corrected chi connectivity index (χ1v) is 11.1. The van der Waals surface area contributed by atoms with Gasteiger partial charge in [-0.15, -0.1) is 4.57 Å². The summed E-state index contributed by atoms with van der Waals surface area (Å²) >= 11 is 0. The topological polar surface area (TPSA) is 112 Å². The minimum atomic E-state index is -0.600. The normalized spacial score (nSPS) is 10.8. The molecule has 0 aliphatic heterocycles. The maximum atomic E-state index is 12.7. The maximum absolute atomic E-state index is 12.7. The van der Waals surface area contributed by atoms with E-state index in [-0.39, 0.29) is 24.7 Å². The van der Waals surface area contributed by atoms with Crippen LogP contribution in [0, 0.1) is 13.8 Å². The lowest BCUT2D eigenvalue weighted by molar-refractivity contribution is -0.118. The van der Waals surface area contributed by atoms with Crippen molar-refractivity contribution in [1.82, 2.24) is 9.56 Å². The van der Waals surface area contributed by atoms with Gasteiger partial charge < -0.3 is 19.3 Å². The van der Waals surface area contributed by atoms with E-state index in [0.717, 1.165) is 16.6 Å². The number of para-hydroxylation sites is 1. The van der Waals surface area contributed by atoms with E-state index in [1.54, 1.807) is 38.1 Å². The number of benzene rings is 2. The molecule has 9 nitrogen and oxygen atoms in total. The number of nitrogens with zero attached hydrogens (tertiary/aromatic N) is 2. The quantitative estimate of drug-likeness (QED) is 0.385. The molecule has 4 aromatic rings. The molecule has 180 valence electrons. The second-order valence-corrected chi connectivity index (χ2v) is 7.94. The van der Waals surface area contributed by atoms with Crippen LogP contribution in [0.15, 0.2) is 63.9 Å². The van der Waals surface area contributed by atoms with Gasteiger partial charge in [0.1, 0.15) is 18.1 Å². The predicted molar refractivity (Wildman–Crippen MR) is 129 cm³/mol. The molecule has 0 bridgehead atoms. The van der Waals surface area contributed by atoms with E-state index in [9.17, 15) is 14.4 Å². The highest BCUT2D eigenvalue weighted by Crippen LogP contribution is 2.21. The summed E-state index contributed by atoms with van der Waals surface area (Å²) in [5.74, 6) is 0.254. The average Bonchev–Trinajstić information content (AvgIpc) is 3.23. The molecule has 0 saturated carbocycles. The van der Waals surface area contributed by atoms with E-state index in [2.05, 4.69) is 10.3 Å². The second kappa shape index (κ2) is 10.3. The molecule has 0 unspecified atom stereocenters. The fraction of sp³-hybridized carbons (Fsp3) is 0.231. The van der Waals surface area contributed by atoms with Crippen LogP contribution < -0.4 is 15.6 Å². The van der Waals surface area contributed by atoms with Crippen LogP contribution in [0.4, 0.5) is 5.69 Å². The predicted octanol–water partition coefficient (Wildman–Crippen LogP) is 3.84. The lowest BCUT2D eigenvalue weighted by Gasteiger charge is -2.13. The number of esters is 1. The first-order chi connectivity index (χ1) is 16.9. The summed E-state index contributed by atoms with van der Waals surface area (Å²) in [5.41, 5.74) is 2.56. The van der Waals surface area contributed by atoms with Crippen LogP contribution >= 0.6 is 0 Å². The van der Waals surface area contributed by atoms with Crippen LogP contribution in [0.2, 0.25) is 0 Å². The van der Waals surface area contributed by atoms with Crippen molar-refractivity contribution in [3.63, 3.8) is 0 Å². The molecule has 2 aromatic carbocycles. The molecular weight excluding hydrogens is 450 g/mol. The van der Waals surface area contributed by atoms with E-state index in [1.165, 1.54) is 6.07 Å². The highest BCUT2D eigenvalue weighted by Gasteiger charge is 2.16. The number of aryl methyl sites for hydroxylation is 2. The van der Waals surface area contributed by atoms with Crippen molar-refractivity contribution in [1.29, 1.82) is 0 Å². The van der Waals surface area contributed by atoms with Gasteiger partial charge >= 0.3 is 5.97 Å². The third kappa shape index (κ3) is 5.40. The molecule has 0 atom stereocenters. The molecule has 2 heterocycles. The monoisotopic (exact) mass is 475 g/mol. The van der Waals surface area contributed by atoms with Crippen LogP contribution in [0.5, 0.6) is 5.75 Å². The van der Waals surface area contributed by atoms with Gasteiger partial charge in [-0.2, -0.15) is 0 Å². The van der Waals surface area contributed by atoms with Crippen LogP contribution in [0.1, 0.15) is 39.9 Å². The largest absolute Gasteiger partial charge is 0.483 e. The summed E-state index contributed by atoms with van der Waals surface area (Å²) < 4.78 is 17.4. The zero-order chi connectivity index (χ0) is 24.9. The van der Waals surface area contributed by atoms with Gasteiger partial charge in [-0.1, -0.05) is 31.2 Å². The molecule has 0 aliphatic rings.